The maximum atomic E-state index is 12.7. The highest BCUT2D eigenvalue weighted by Gasteiger charge is 2.41. The number of ether oxygens (including phenoxy) is 1. The minimum Gasteiger partial charge on any atom is -0.379 e. The van der Waals surface area contributed by atoms with Crippen LogP contribution in [0.15, 0.2) is 24.3 Å². The van der Waals surface area contributed by atoms with Crippen molar-refractivity contribution >= 4 is 28.6 Å². The fourth-order valence-electron chi connectivity index (χ4n) is 3.60. The summed E-state index contributed by atoms with van der Waals surface area (Å²) in [5.74, 6) is 2.12. The Morgan fingerprint density at radius 1 is 1.38 bits per heavy atom. The molecule has 2 saturated heterocycles. The summed E-state index contributed by atoms with van der Waals surface area (Å²) in [5.41, 5.74) is 1.42. The van der Waals surface area contributed by atoms with Gasteiger partial charge in [-0.3, -0.25) is 14.8 Å². The van der Waals surface area contributed by atoms with E-state index in [-0.39, 0.29) is 11.4 Å². The molecule has 2 aliphatic rings. The van der Waals surface area contributed by atoms with Crippen LogP contribution < -0.4 is 5.32 Å². The van der Waals surface area contributed by atoms with E-state index < -0.39 is 0 Å². The average Bonchev–Trinajstić information content (AvgIpc) is 3.28. The van der Waals surface area contributed by atoms with Crippen molar-refractivity contribution in [1.82, 2.24) is 20.4 Å². The van der Waals surface area contributed by atoms with Crippen LogP contribution in [0.1, 0.15) is 16.9 Å². The summed E-state index contributed by atoms with van der Waals surface area (Å²) in [5, 5.41) is 11.1. The Hall–Kier alpha value is -1.57. The second kappa shape index (κ2) is 6.74. The van der Waals surface area contributed by atoms with Gasteiger partial charge >= 0.3 is 0 Å². The van der Waals surface area contributed by atoms with E-state index in [9.17, 15) is 4.79 Å². The first-order chi connectivity index (χ1) is 11.8. The Balaban J connectivity index is 1.48. The predicted molar refractivity (Wildman–Crippen MR) is 95.5 cm³/mol. The van der Waals surface area contributed by atoms with Gasteiger partial charge in [-0.1, -0.05) is 18.2 Å². The number of morpholine rings is 1. The molecule has 0 aliphatic carbocycles. The molecule has 3 heterocycles. The lowest BCUT2D eigenvalue weighted by Gasteiger charge is -2.43. The monoisotopic (exact) mass is 346 g/mol. The largest absolute Gasteiger partial charge is 0.379 e. The summed E-state index contributed by atoms with van der Waals surface area (Å²) in [4.78, 5) is 15.2. The van der Waals surface area contributed by atoms with Crippen LogP contribution in [0.5, 0.6) is 0 Å². The molecule has 128 valence electrons. The fraction of sp³-hybridized carbons (Fsp3) is 0.529. The third-order valence-electron chi connectivity index (χ3n) is 5.03. The highest BCUT2D eigenvalue weighted by atomic mass is 32.2. The third kappa shape index (κ3) is 2.92. The van der Waals surface area contributed by atoms with Crippen molar-refractivity contribution in [2.24, 2.45) is 0 Å². The Kier molecular flexibility index (Phi) is 4.47. The van der Waals surface area contributed by atoms with Gasteiger partial charge in [0, 0.05) is 36.3 Å². The molecule has 2 aliphatic heterocycles. The van der Waals surface area contributed by atoms with Crippen LogP contribution in [-0.4, -0.2) is 70.9 Å². The van der Waals surface area contributed by atoms with Crippen molar-refractivity contribution in [3.8, 4) is 0 Å². The van der Waals surface area contributed by atoms with Crippen molar-refractivity contribution < 1.29 is 9.53 Å². The number of benzene rings is 1. The van der Waals surface area contributed by atoms with Gasteiger partial charge in [-0.05, 0) is 18.2 Å². The maximum absolute atomic E-state index is 12.7. The van der Waals surface area contributed by atoms with Crippen molar-refractivity contribution in [1.29, 1.82) is 0 Å². The number of hydrogen-bond donors (Lipinski definition) is 2. The van der Waals surface area contributed by atoms with E-state index in [2.05, 4.69) is 20.4 Å². The zero-order chi connectivity index (χ0) is 16.4. The van der Waals surface area contributed by atoms with E-state index >= 15 is 0 Å². The summed E-state index contributed by atoms with van der Waals surface area (Å²) in [6, 6.07) is 7.72. The minimum atomic E-state index is -0.100. The fourth-order valence-corrected chi connectivity index (χ4v) is 5.08. The summed E-state index contributed by atoms with van der Waals surface area (Å²) in [6.07, 6.45) is 1.11. The Bertz CT molecular complexity index is 720. The standard InChI is InChI=1S/C17H22N4O2S/c22-16(15-13-3-1-2-4-14(13)19-20-15)18-11-17(5-10-24-12-17)21-6-8-23-9-7-21/h1-4H,5-12H2,(H,18,22)(H,19,20)/t17-/m0/s1. The second-order valence-corrected chi connectivity index (χ2v) is 7.53. The van der Waals surface area contributed by atoms with E-state index in [0.29, 0.717) is 12.2 Å². The molecule has 1 aromatic carbocycles. The van der Waals surface area contributed by atoms with Crippen LogP contribution in [0.2, 0.25) is 0 Å². The Morgan fingerprint density at radius 2 is 2.21 bits per heavy atom. The number of amides is 1. The SMILES string of the molecule is O=C(NC[C@@]1(N2CCOCC2)CCSC1)c1n[nH]c2ccccc12. The third-order valence-corrected chi connectivity index (χ3v) is 6.26. The molecule has 2 aromatic rings. The lowest BCUT2D eigenvalue weighted by atomic mass is 9.95. The van der Waals surface area contributed by atoms with Gasteiger partial charge in [0.1, 0.15) is 0 Å². The molecule has 2 N–H and O–H groups in total. The maximum Gasteiger partial charge on any atom is 0.272 e. The van der Waals surface area contributed by atoms with Gasteiger partial charge in [0.25, 0.3) is 5.91 Å². The summed E-state index contributed by atoms with van der Waals surface area (Å²) >= 11 is 1.97. The molecule has 6 nitrogen and oxygen atoms in total. The molecule has 0 spiro atoms. The Labute approximate surface area is 145 Å². The molecule has 1 aromatic heterocycles. The molecular formula is C17H22N4O2S. The first-order valence-corrected chi connectivity index (χ1v) is 9.56. The van der Waals surface area contributed by atoms with Gasteiger partial charge in [0.05, 0.1) is 18.7 Å². The number of hydrogen-bond acceptors (Lipinski definition) is 5. The van der Waals surface area contributed by atoms with Gasteiger partial charge in [-0.2, -0.15) is 16.9 Å². The Morgan fingerprint density at radius 3 is 3.00 bits per heavy atom. The number of fused-ring (bicyclic) bond motifs is 1. The second-order valence-electron chi connectivity index (χ2n) is 6.43. The first kappa shape index (κ1) is 15.9. The molecule has 2 fully saturated rings. The van der Waals surface area contributed by atoms with Crippen LogP contribution >= 0.6 is 11.8 Å². The molecule has 0 unspecified atom stereocenters. The van der Waals surface area contributed by atoms with Crippen LogP contribution in [0, 0.1) is 0 Å². The number of nitrogens with zero attached hydrogens (tertiary/aromatic N) is 2. The molecule has 4 rings (SSSR count). The van der Waals surface area contributed by atoms with Crippen LogP contribution in [0.3, 0.4) is 0 Å². The van der Waals surface area contributed by atoms with Gasteiger partial charge in [-0.15, -0.1) is 0 Å². The molecular weight excluding hydrogens is 324 g/mol. The summed E-state index contributed by atoms with van der Waals surface area (Å²) in [6.45, 7) is 4.12. The topological polar surface area (TPSA) is 70.2 Å². The number of carbonyl (C=O) groups is 1. The van der Waals surface area contributed by atoms with Crippen molar-refractivity contribution in [3.05, 3.63) is 30.0 Å². The van der Waals surface area contributed by atoms with Crippen molar-refractivity contribution in [2.45, 2.75) is 12.0 Å². The predicted octanol–water partition coefficient (Wildman–Crippen LogP) is 1.50. The number of H-pyrrole nitrogens is 1. The average molecular weight is 346 g/mol. The van der Waals surface area contributed by atoms with Crippen LogP contribution in [-0.2, 0) is 4.74 Å². The molecule has 0 bridgehead atoms. The highest BCUT2D eigenvalue weighted by molar-refractivity contribution is 7.99. The van der Waals surface area contributed by atoms with Crippen molar-refractivity contribution in [3.63, 3.8) is 0 Å². The highest BCUT2D eigenvalue weighted by Crippen LogP contribution is 2.33. The van der Waals surface area contributed by atoms with E-state index in [0.717, 1.165) is 55.1 Å². The van der Waals surface area contributed by atoms with E-state index in [1.807, 2.05) is 36.0 Å². The number of aromatic nitrogens is 2. The number of nitrogens with one attached hydrogen (secondary N) is 2. The minimum absolute atomic E-state index is 0.0518. The summed E-state index contributed by atoms with van der Waals surface area (Å²) < 4.78 is 5.49. The molecule has 1 amide bonds. The summed E-state index contributed by atoms with van der Waals surface area (Å²) in [7, 11) is 0. The molecule has 0 saturated carbocycles. The zero-order valence-corrected chi connectivity index (χ0v) is 14.4. The first-order valence-electron chi connectivity index (χ1n) is 8.40. The van der Waals surface area contributed by atoms with E-state index in [1.165, 1.54) is 0 Å². The van der Waals surface area contributed by atoms with Gasteiger partial charge in [0.15, 0.2) is 5.69 Å². The van der Waals surface area contributed by atoms with E-state index in [4.69, 9.17) is 4.74 Å². The number of rotatable bonds is 4. The molecule has 7 heteroatoms. The normalized spacial score (nSPS) is 25.2. The number of aromatic amines is 1. The van der Waals surface area contributed by atoms with Gasteiger partial charge in [-0.25, -0.2) is 0 Å². The molecule has 0 radical (unpaired) electrons. The van der Waals surface area contributed by atoms with Crippen LogP contribution in [0.25, 0.3) is 10.9 Å². The number of thioether (sulfide) groups is 1. The lowest BCUT2D eigenvalue weighted by molar-refractivity contribution is -0.0129. The van der Waals surface area contributed by atoms with Gasteiger partial charge < -0.3 is 10.1 Å². The number of carbonyl (C=O) groups excluding carboxylic acids is 1. The number of para-hydroxylation sites is 1. The van der Waals surface area contributed by atoms with Gasteiger partial charge in [0.2, 0.25) is 0 Å². The van der Waals surface area contributed by atoms with Crippen molar-refractivity contribution in [2.75, 3.05) is 44.4 Å². The molecule has 24 heavy (non-hydrogen) atoms. The lowest BCUT2D eigenvalue weighted by Crippen LogP contribution is -2.59. The quantitative estimate of drug-likeness (QED) is 0.878. The van der Waals surface area contributed by atoms with E-state index in [1.54, 1.807) is 0 Å². The van der Waals surface area contributed by atoms with Crippen LogP contribution in [0.4, 0.5) is 0 Å². The smallest absolute Gasteiger partial charge is 0.272 e. The molecule has 1 atom stereocenters. The zero-order valence-electron chi connectivity index (χ0n) is 13.6.